The number of carbonyl (C=O) groups excluding carboxylic acids is 4. The average Bonchev–Trinajstić information content (AvgIpc) is 2.85. The van der Waals surface area contributed by atoms with E-state index in [0.717, 1.165) is 5.56 Å². The predicted molar refractivity (Wildman–Crippen MR) is 137 cm³/mol. The summed E-state index contributed by atoms with van der Waals surface area (Å²) in [5.74, 6) is -3.38. The van der Waals surface area contributed by atoms with Crippen molar-refractivity contribution in [3.05, 3.63) is 60.2 Å². The van der Waals surface area contributed by atoms with Crippen molar-refractivity contribution in [3.63, 3.8) is 0 Å². The Bertz CT molecular complexity index is 1170. The summed E-state index contributed by atoms with van der Waals surface area (Å²) < 4.78 is 0. The molecule has 0 aromatic heterocycles. The summed E-state index contributed by atoms with van der Waals surface area (Å²) in [7, 11) is 0. The van der Waals surface area contributed by atoms with Gasteiger partial charge in [0, 0.05) is 12.8 Å². The molecule has 3 atom stereocenters. The number of hydrogen-bond donors (Lipinski definition) is 5. The van der Waals surface area contributed by atoms with E-state index in [1.54, 1.807) is 54.6 Å². The van der Waals surface area contributed by atoms with Gasteiger partial charge in [-0.15, -0.1) is 0 Å². The Morgan fingerprint density at radius 3 is 2.27 bits per heavy atom. The molecule has 2 aromatic rings. The summed E-state index contributed by atoms with van der Waals surface area (Å²) in [5.41, 5.74) is 6.79. The number of nitrogens with two attached hydrogens (primary N) is 1. The number of urea groups is 1. The Hall–Kier alpha value is -4.41. The van der Waals surface area contributed by atoms with E-state index >= 15 is 0 Å². The first kappa shape index (κ1) is 27.2. The number of carbonyl (C=O) groups is 5. The lowest BCUT2D eigenvalue weighted by Crippen LogP contribution is -2.60. The van der Waals surface area contributed by atoms with Crippen LogP contribution in [0.2, 0.25) is 0 Å². The minimum absolute atomic E-state index is 0.0641. The molecule has 1 aliphatic rings. The number of nitrogens with zero attached hydrogens (tertiary/aromatic N) is 1. The molecule has 1 aliphatic heterocycles. The fraction of sp³-hybridized carbons (Fsp3) is 0.346. The van der Waals surface area contributed by atoms with Crippen molar-refractivity contribution in [3.8, 4) is 0 Å². The van der Waals surface area contributed by atoms with E-state index in [2.05, 4.69) is 16.0 Å². The van der Waals surface area contributed by atoms with E-state index in [-0.39, 0.29) is 31.1 Å². The lowest BCUT2D eigenvalue weighted by Gasteiger charge is -2.39. The number of hydrogen-bond acceptors (Lipinski definition) is 5. The van der Waals surface area contributed by atoms with Crippen molar-refractivity contribution in [1.29, 1.82) is 0 Å². The first-order valence-corrected chi connectivity index (χ1v) is 11.9. The maximum atomic E-state index is 13.6. The number of primary amides is 1. The number of benzene rings is 2. The van der Waals surface area contributed by atoms with Crippen molar-refractivity contribution in [2.75, 3.05) is 10.2 Å². The summed E-state index contributed by atoms with van der Waals surface area (Å²) in [6.45, 7) is 3.62. The van der Waals surface area contributed by atoms with Crippen LogP contribution in [0.5, 0.6) is 0 Å². The first-order chi connectivity index (χ1) is 17.6. The molecule has 3 rings (SSSR count). The number of anilines is 2. The fourth-order valence-electron chi connectivity index (χ4n) is 4.19. The SMILES string of the molecule is CC(C)C1C(=O)Nc2ccccc2N1C(=O)NC(Cc1ccccc1)C(=O)NC(CCC(N)=O)C(=O)O. The predicted octanol–water partition coefficient (Wildman–Crippen LogP) is 1.63. The second kappa shape index (κ2) is 12.0. The minimum atomic E-state index is -1.37. The molecule has 37 heavy (non-hydrogen) atoms. The van der Waals surface area contributed by atoms with Gasteiger partial charge >= 0.3 is 12.0 Å². The van der Waals surface area contributed by atoms with E-state index < -0.39 is 41.9 Å². The van der Waals surface area contributed by atoms with Crippen LogP contribution in [0, 0.1) is 5.92 Å². The van der Waals surface area contributed by atoms with Gasteiger partial charge in [-0.2, -0.15) is 0 Å². The van der Waals surface area contributed by atoms with Crippen molar-refractivity contribution >= 4 is 41.1 Å². The first-order valence-electron chi connectivity index (χ1n) is 11.9. The van der Waals surface area contributed by atoms with Crippen LogP contribution in [0.15, 0.2) is 54.6 Å². The Morgan fingerprint density at radius 2 is 1.65 bits per heavy atom. The number of fused-ring (bicyclic) bond motifs is 1. The van der Waals surface area contributed by atoms with Gasteiger partial charge < -0.3 is 26.8 Å². The van der Waals surface area contributed by atoms with Gasteiger partial charge in [-0.1, -0.05) is 56.3 Å². The second-order valence-electron chi connectivity index (χ2n) is 9.16. The summed E-state index contributed by atoms with van der Waals surface area (Å²) in [6.07, 6.45) is -0.366. The van der Waals surface area contributed by atoms with Gasteiger partial charge in [0.2, 0.25) is 17.7 Å². The number of carboxylic acid groups (broad SMARTS) is 1. The van der Waals surface area contributed by atoms with Crippen LogP contribution >= 0.6 is 0 Å². The van der Waals surface area contributed by atoms with Crippen molar-refractivity contribution < 1.29 is 29.1 Å². The number of nitrogens with one attached hydrogen (secondary N) is 3. The van der Waals surface area contributed by atoms with Crippen LogP contribution in [0.4, 0.5) is 16.2 Å². The van der Waals surface area contributed by atoms with E-state index in [9.17, 15) is 29.1 Å². The molecule has 0 saturated heterocycles. The van der Waals surface area contributed by atoms with Crippen LogP contribution in [0.25, 0.3) is 0 Å². The third kappa shape index (κ3) is 6.84. The van der Waals surface area contributed by atoms with Gasteiger partial charge in [0.05, 0.1) is 11.4 Å². The molecule has 11 heteroatoms. The van der Waals surface area contributed by atoms with Gasteiger partial charge in [-0.25, -0.2) is 9.59 Å². The Balaban J connectivity index is 1.90. The highest BCUT2D eigenvalue weighted by Crippen LogP contribution is 2.34. The minimum Gasteiger partial charge on any atom is -0.480 e. The molecule has 0 spiro atoms. The lowest BCUT2D eigenvalue weighted by molar-refractivity contribution is -0.142. The molecule has 5 amide bonds. The topological polar surface area (TPSA) is 171 Å². The summed E-state index contributed by atoms with van der Waals surface area (Å²) in [5, 5.41) is 17.4. The van der Waals surface area contributed by atoms with Gasteiger partial charge in [0.1, 0.15) is 18.1 Å². The van der Waals surface area contributed by atoms with Gasteiger partial charge in [0.25, 0.3) is 0 Å². The smallest absolute Gasteiger partial charge is 0.326 e. The van der Waals surface area contributed by atoms with Crippen LogP contribution in [-0.2, 0) is 25.6 Å². The Morgan fingerprint density at radius 1 is 1.00 bits per heavy atom. The van der Waals surface area contributed by atoms with Crippen molar-refractivity contribution in [2.24, 2.45) is 11.7 Å². The molecule has 6 N–H and O–H groups in total. The molecule has 3 unspecified atom stereocenters. The molecule has 1 heterocycles. The van der Waals surface area contributed by atoms with Crippen LogP contribution < -0.4 is 26.6 Å². The number of aliphatic carboxylic acids is 1. The third-order valence-corrected chi connectivity index (χ3v) is 6.01. The molecule has 196 valence electrons. The highest BCUT2D eigenvalue weighted by atomic mass is 16.4. The maximum absolute atomic E-state index is 13.6. The monoisotopic (exact) mass is 509 g/mol. The van der Waals surface area contributed by atoms with E-state index in [4.69, 9.17) is 5.73 Å². The van der Waals surface area contributed by atoms with Crippen molar-refractivity contribution in [1.82, 2.24) is 10.6 Å². The van der Waals surface area contributed by atoms with Crippen molar-refractivity contribution in [2.45, 2.75) is 51.2 Å². The third-order valence-electron chi connectivity index (χ3n) is 6.01. The lowest BCUT2D eigenvalue weighted by atomic mass is 9.97. The molecule has 0 saturated carbocycles. The molecule has 0 radical (unpaired) electrons. The normalized spacial score (nSPS) is 16.2. The number of carboxylic acids is 1. The van der Waals surface area contributed by atoms with Crippen LogP contribution in [0.1, 0.15) is 32.3 Å². The summed E-state index contributed by atoms with van der Waals surface area (Å²) in [4.78, 5) is 63.9. The fourth-order valence-corrected chi connectivity index (χ4v) is 4.19. The zero-order valence-electron chi connectivity index (χ0n) is 20.6. The van der Waals surface area contributed by atoms with E-state index in [1.165, 1.54) is 4.90 Å². The number of para-hydroxylation sites is 2. The summed E-state index contributed by atoms with van der Waals surface area (Å²) in [6, 6.07) is 11.7. The average molecular weight is 510 g/mol. The van der Waals surface area contributed by atoms with Gasteiger partial charge in [-0.05, 0) is 30.0 Å². The van der Waals surface area contributed by atoms with E-state index in [1.807, 2.05) is 13.8 Å². The zero-order valence-corrected chi connectivity index (χ0v) is 20.6. The molecule has 0 aliphatic carbocycles. The standard InChI is InChI=1S/C26H31N5O6/c1-15(2)22-24(34)28-17-10-6-7-11-20(17)31(22)26(37)30-19(14-16-8-4-3-5-9-16)23(33)29-18(25(35)36)12-13-21(27)32/h3-11,15,18-19,22H,12-14H2,1-2H3,(H2,27,32)(H,28,34)(H,29,33)(H,30,37)(H,35,36). The molecular weight excluding hydrogens is 478 g/mol. The largest absolute Gasteiger partial charge is 0.480 e. The Labute approximate surface area is 214 Å². The molecule has 0 fully saturated rings. The highest BCUT2D eigenvalue weighted by molar-refractivity contribution is 6.12. The van der Waals surface area contributed by atoms with Crippen LogP contribution in [0.3, 0.4) is 0 Å². The number of amides is 5. The molecule has 11 nitrogen and oxygen atoms in total. The number of rotatable bonds is 10. The van der Waals surface area contributed by atoms with Gasteiger partial charge in [-0.3, -0.25) is 19.3 Å². The quantitative estimate of drug-likeness (QED) is 0.326. The highest BCUT2D eigenvalue weighted by Gasteiger charge is 2.40. The van der Waals surface area contributed by atoms with E-state index in [0.29, 0.717) is 11.4 Å². The Kier molecular flexibility index (Phi) is 8.83. The molecular formula is C26H31N5O6. The van der Waals surface area contributed by atoms with Crippen LogP contribution in [-0.4, -0.2) is 53.0 Å². The molecule has 2 aromatic carbocycles. The zero-order chi connectivity index (χ0) is 27.1. The molecule has 0 bridgehead atoms. The maximum Gasteiger partial charge on any atom is 0.326 e. The second-order valence-corrected chi connectivity index (χ2v) is 9.16. The summed E-state index contributed by atoms with van der Waals surface area (Å²) >= 11 is 0. The van der Waals surface area contributed by atoms with Gasteiger partial charge in [0.15, 0.2) is 0 Å².